The standard InChI is InChI=1S/C9H13N3O/c10-4-7-5-11-8(12-9(7)13)6-2-1-3-6/h5-6H,1-4,10H2,(H,11,12,13). The first-order chi connectivity index (χ1) is 6.31. The smallest absolute Gasteiger partial charge is 0.255 e. The molecule has 0 aromatic carbocycles. The molecule has 70 valence electrons. The summed E-state index contributed by atoms with van der Waals surface area (Å²) in [6.07, 6.45) is 5.12. The molecular formula is C9H13N3O. The predicted molar refractivity (Wildman–Crippen MR) is 49.3 cm³/mol. The minimum Gasteiger partial charge on any atom is -0.326 e. The summed E-state index contributed by atoms with van der Waals surface area (Å²) in [5.74, 6) is 1.30. The lowest BCUT2D eigenvalue weighted by Crippen LogP contribution is -2.22. The van der Waals surface area contributed by atoms with Gasteiger partial charge in [0.25, 0.3) is 5.56 Å². The molecule has 0 amide bonds. The van der Waals surface area contributed by atoms with Crippen LogP contribution in [0.3, 0.4) is 0 Å². The molecule has 1 heterocycles. The van der Waals surface area contributed by atoms with E-state index in [1.807, 2.05) is 0 Å². The summed E-state index contributed by atoms with van der Waals surface area (Å²) < 4.78 is 0. The fraction of sp³-hybridized carbons (Fsp3) is 0.556. The van der Waals surface area contributed by atoms with Crippen molar-refractivity contribution in [3.8, 4) is 0 Å². The minimum atomic E-state index is -0.0839. The van der Waals surface area contributed by atoms with Crippen LogP contribution in [-0.2, 0) is 6.54 Å². The molecule has 1 fully saturated rings. The third-order valence-electron chi connectivity index (χ3n) is 2.60. The van der Waals surface area contributed by atoms with E-state index in [0.29, 0.717) is 11.5 Å². The van der Waals surface area contributed by atoms with E-state index in [9.17, 15) is 4.79 Å². The third-order valence-corrected chi connectivity index (χ3v) is 2.60. The summed E-state index contributed by atoms with van der Waals surface area (Å²) in [5.41, 5.74) is 5.84. The van der Waals surface area contributed by atoms with E-state index in [0.717, 1.165) is 18.7 Å². The predicted octanol–water partition coefficient (Wildman–Crippen LogP) is 0.496. The van der Waals surface area contributed by atoms with Crippen molar-refractivity contribution in [3.63, 3.8) is 0 Å². The second kappa shape index (κ2) is 3.30. The Balaban J connectivity index is 2.29. The van der Waals surface area contributed by atoms with Crippen LogP contribution in [0, 0.1) is 0 Å². The zero-order valence-corrected chi connectivity index (χ0v) is 7.42. The first-order valence-corrected chi connectivity index (χ1v) is 4.59. The second-order valence-corrected chi connectivity index (χ2v) is 3.45. The highest BCUT2D eigenvalue weighted by Gasteiger charge is 2.21. The van der Waals surface area contributed by atoms with E-state index in [-0.39, 0.29) is 12.1 Å². The van der Waals surface area contributed by atoms with Gasteiger partial charge in [0.2, 0.25) is 0 Å². The average molecular weight is 179 g/mol. The Morgan fingerprint density at radius 3 is 2.85 bits per heavy atom. The molecule has 1 saturated carbocycles. The molecule has 1 aromatic rings. The fourth-order valence-corrected chi connectivity index (χ4v) is 1.47. The summed E-state index contributed by atoms with van der Waals surface area (Å²) in [6.45, 7) is 0.257. The van der Waals surface area contributed by atoms with Crippen molar-refractivity contribution in [2.24, 2.45) is 5.73 Å². The largest absolute Gasteiger partial charge is 0.326 e. The average Bonchev–Trinajstić information content (AvgIpc) is 2.01. The van der Waals surface area contributed by atoms with Crippen LogP contribution >= 0.6 is 0 Å². The van der Waals surface area contributed by atoms with Crippen LogP contribution in [0.1, 0.15) is 36.6 Å². The first-order valence-electron chi connectivity index (χ1n) is 4.59. The number of hydrogen-bond donors (Lipinski definition) is 2. The van der Waals surface area contributed by atoms with Crippen molar-refractivity contribution < 1.29 is 0 Å². The molecule has 1 aliphatic carbocycles. The topological polar surface area (TPSA) is 71.8 Å². The quantitative estimate of drug-likeness (QED) is 0.694. The Bertz CT molecular complexity index is 354. The number of aromatic nitrogens is 2. The Labute approximate surface area is 76.2 Å². The van der Waals surface area contributed by atoms with Gasteiger partial charge in [-0.25, -0.2) is 4.98 Å². The van der Waals surface area contributed by atoms with Crippen molar-refractivity contribution in [2.45, 2.75) is 31.7 Å². The lowest BCUT2D eigenvalue weighted by Gasteiger charge is -2.23. The molecule has 0 radical (unpaired) electrons. The normalized spacial score (nSPS) is 17.0. The van der Waals surface area contributed by atoms with Gasteiger partial charge in [0.15, 0.2) is 0 Å². The Kier molecular flexibility index (Phi) is 2.14. The van der Waals surface area contributed by atoms with Gasteiger partial charge in [-0.1, -0.05) is 6.42 Å². The number of rotatable bonds is 2. The summed E-state index contributed by atoms with van der Waals surface area (Å²) in [5, 5.41) is 0. The zero-order valence-electron chi connectivity index (χ0n) is 7.42. The Hall–Kier alpha value is -1.16. The van der Waals surface area contributed by atoms with E-state index in [1.165, 1.54) is 6.42 Å². The van der Waals surface area contributed by atoms with Gasteiger partial charge in [-0.2, -0.15) is 0 Å². The molecular weight excluding hydrogens is 166 g/mol. The van der Waals surface area contributed by atoms with Gasteiger partial charge < -0.3 is 10.7 Å². The van der Waals surface area contributed by atoms with Gasteiger partial charge in [0.05, 0.1) is 0 Å². The van der Waals surface area contributed by atoms with Crippen molar-refractivity contribution in [1.82, 2.24) is 9.97 Å². The van der Waals surface area contributed by atoms with Gasteiger partial charge in [-0.15, -0.1) is 0 Å². The molecule has 0 aliphatic heterocycles. The lowest BCUT2D eigenvalue weighted by atomic mass is 9.85. The van der Waals surface area contributed by atoms with Crippen LogP contribution in [0.4, 0.5) is 0 Å². The maximum absolute atomic E-state index is 11.3. The lowest BCUT2D eigenvalue weighted by molar-refractivity contribution is 0.400. The molecule has 4 nitrogen and oxygen atoms in total. The maximum atomic E-state index is 11.3. The molecule has 1 aliphatic rings. The van der Waals surface area contributed by atoms with Crippen molar-refractivity contribution in [3.05, 3.63) is 27.9 Å². The third kappa shape index (κ3) is 1.49. The maximum Gasteiger partial charge on any atom is 0.255 e. The van der Waals surface area contributed by atoms with E-state index < -0.39 is 0 Å². The van der Waals surface area contributed by atoms with Gasteiger partial charge in [-0.05, 0) is 12.8 Å². The van der Waals surface area contributed by atoms with E-state index in [1.54, 1.807) is 6.20 Å². The first kappa shape index (κ1) is 8.44. The minimum absolute atomic E-state index is 0.0839. The molecule has 0 bridgehead atoms. The molecule has 0 saturated heterocycles. The molecule has 0 spiro atoms. The number of nitrogens with one attached hydrogen (secondary N) is 1. The number of nitrogens with two attached hydrogens (primary N) is 1. The molecule has 4 heteroatoms. The highest BCUT2D eigenvalue weighted by Crippen LogP contribution is 2.33. The van der Waals surface area contributed by atoms with Crippen LogP contribution in [0.5, 0.6) is 0 Å². The van der Waals surface area contributed by atoms with Crippen molar-refractivity contribution in [1.29, 1.82) is 0 Å². The monoisotopic (exact) mass is 179 g/mol. The van der Waals surface area contributed by atoms with Crippen molar-refractivity contribution in [2.75, 3.05) is 0 Å². The SMILES string of the molecule is NCc1cnc(C2CCC2)[nH]c1=O. The van der Waals surface area contributed by atoms with E-state index in [4.69, 9.17) is 5.73 Å². The number of hydrogen-bond acceptors (Lipinski definition) is 3. The summed E-state index contributed by atoms with van der Waals surface area (Å²) in [7, 11) is 0. The molecule has 0 atom stereocenters. The summed E-state index contributed by atoms with van der Waals surface area (Å²) >= 11 is 0. The zero-order chi connectivity index (χ0) is 9.26. The summed E-state index contributed by atoms with van der Waals surface area (Å²) in [4.78, 5) is 18.3. The van der Waals surface area contributed by atoms with Crippen LogP contribution < -0.4 is 11.3 Å². The van der Waals surface area contributed by atoms with E-state index in [2.05, 4.69) is 9.97 Å². The van der Waals surface area contributed by atoms with Crippen LogP contribution in [0.15, 0.2) is 11.0 Å². The molecule has 3 N–H and O–H groups in total. The van der Waals surface area contributed by atoms with Crippen molar-refractivity contribution >= 4 is 0 Å². The number of aromatic amines is 1. The molecule has 2 rings (SSSR count). The van der Waals surface area contributed by atoms with Gasteiger partial charge in [-0.3, -0.25) is 4.79 Å². The fourth-order valence-electron chi connectivity index (χ4n) is 1.47. The highest BCUT2D eigenvalue weighted by molar-refractivity contribution is 5.08. The Morgan fingerprint density at radius 2 is 2.38 bits per heavy atom. The molecule has 1 aromatic heterocycles. The number of H-pyrrole nitrogens is 1. The second-order valence-electron chi connectivity index (χ2n) is 3.45. The van der Waals surface area contributed by atoms with E-state index >= 15 is 0 Å². The van der Waals surface area contributed by atoms with Crippen LogP contribution in [0.25, 0.3) is 0 Å². The highest BCUT2D eigenvalue weighted by atomic mass is 16.1. The van der Waals surface area contributed by atoms with Gasteiger partial charge >= 0.3 is 0 Å². The molecule has 0 unspecified atom stereocenters. The van der Waals surface area contributed by atoms with Crippen LogP contribution in [-0.4, -0.2) is 9.97 Å². The summed E-state index contributed by atoms with van der Waals surface area (Å²) in [6, 6.07) is 0. The van der Waals surface area contributed by atoms with Gasteiger partial charge in [0, 0.05) is 24.2 Å². The Morgan fingerprint density at radius 1 is 1.62 bits per heavy atom. The number of nitrogens with zero attached hydrogens (tertiary/aromatic N) is 1. The van der Waals surface area contributed by atoms with Crippen LogP contribution in [0.2, 0.25) is 0 Å². The van der Waals surface area contributed by atoms with Gasteiger partial charge in [0.1, 0.15) is 5.82 Å². The molecule has 13 heavy (non-hydrogen) atoms.